The lowest BCUT2D eigenvalue weighted by Crippen LogP contribution is -2.19. The Bertz CT molecular complexity index is 7300. The molecule has 0 spiro atoms. The van der Waals surface area contributed by atoms with Crippen LogP contribution in [-0.4, -0.2) is 19.9 Å². The normalized spacial score (nSPS) is 6.38. The van der Waals surface area contributed by atoms with E-state index in [2.05, 4.69) is 465 Å². The number of H-pyrrole nitrogens is 1. The van der Waals surface area contributed by atoms with Gasteiger partial charge in [-0.2, -0.15) is 0 Å². The fraction of sp³-hybridized carbons (Fsp3) is 0.0625. The topological polar surface area (TPSA) is 59.8 Å². The van der Waals surface area contributed by atoms with Gasteiger partial charge in [0.2, 0.25) is 0 Å². The fourth-order valence-corrected chi connectivity index (χ4v) is 5.85. The van der Waals surface area contributed by atoms with E-state index in [0.29, 0.717) is 6.42 Å². The van der Waals surface area contributed by atoms with E-state index in [1.54, 1.807) is 23.2 Å². The van der Waals surface area contributed by atoms with Crippen LogP contribution in [0.2, 0.25) is 0 Å². The summed E-state index contributed by atoms with van der Waals surface area (Å²) >= 11 is 0. The van der Waals surface area contributed by atoms with E-state index in [9.17, 15) is 9.59 Å². The van der Waals surface area contributed by atoms with Crippen LogP contribution >= 0.6 is 0 Å². The number of carbonyl (C=O) groups excluding carboxylic acids is 1. The molecule has 1 aliphatic carbocycles. The zero-order valence-electron chi connectivity index (χ0n) is 52.6. The van der Waals surface area contributed by atoms with Crippen LogP contribution in [0.25, 0.3) is 21.9 Å². The SMILES string of the molecule is C=C=C=C=C=C=C=C=C=C=C=C=C=C=C=C=C=C=C=C=C=C=C=C=C=C=C=C=C=C=C=C=C=C=C=C=C=C=C=C=C=C=C=C=C=C=C=C=C=C=C=C=C=C=C=C=C=C=C=C=C=C=C=C=C=C=C=C=C=C=C=C=C=C=C=C=C=C=C=C.Cn1c(=O)n(C)c2cc3c4c([nH]c3cc21)C(=O)CCCC4. The molecule has 0 atom stereocenters. The Hall–Kier alpha value is -19.7. The van der Waals surface area contributed by atoms with Crippen LogP contribution in [0.4, 0.5) is 0 Å². The van der Waals surface area contributed by atoms with E-state index in [1.165, 1.54) is 0 Å². The highest BCUT2D eigenvalue weighted by molar-refractivity contribution is 6.05. The molecule has 0 radical (unpaired) electrons. The van der Waals surface area contributed by atoms with Gasteiger partial charge >= 0.3 is 5.69 Å². The number of aromatic nitrogens is 3. The zero-order chi connectivity index (χ0) is 71.9. The molecule has 0 aliphatic heterocycles. The molecule has 0 saturated carbocycles. The first-order valence-electron chi connectivity index (χ1n) is 27.3. The molecule has 4 rings (SSSR count). The molecule has 0 fully saturated rings. The lowest BCUT2D eigenvalue weighted by molar-refractivity contribution is 0.0978. The van der Waals surface area contributed by atoms with Crippen molar-refractivity contribution in [2.45, 2.75) is 25.7 Å². The minimum absolute atomic E-state index is 0.0279. The van der Waals surface area contributed by atoms with Crippen molar-refractivity contribution in [1.82, 2.24) is 14.1 Å². The fourth-order valence-electron chi connectivity index (χ4n) is 5.85. The highest BCUT2D eigenvalue weighted by Crippen LogP contribution is 2.31. The summed E-state index contributed by atoms with van der Waals surface area (Å²) in [5.41, 5.74) is 199. The largest absolute Gasteiger partial charge is 0.352 e. The Kier molecular flexibility index (Phi) is 41.6. The number of nitrogens with zero attached hydrogens (tertiary/aromatic N) is 2. The van der Waals surface area contributed by atoms with Crippen molar-refractivity contribution in [2.75, 3.05) is 0 Å². The molecule has 0 unspecified atom stereocenters. The van der Waals surface area contributed by atoms with E-state index in [-0.39, 0.29) is 11.5 Å². The van der Waals surface area contributed by atoms with Gasteiger partial charge in [0, 0.05) is 375 Å². The van der Waals surface area contributed by atoms with Crippen LogP contribution < -0.4 is 5.69 Å². The van der Waals surface area contributed by atoms with Gasteiger partial charge in [-0.15, -0.1) is 0 Å². The van der Waals surface area contributed by atoms with Crippen LogP contribution in [0.5, 0.6) is 0 Å². The van der Waals surface area contributed by atoms with E-state index < -0.39 is 0 Å². The van der Waals surface area contributed by atoms with Crippen molar-refractivity contribution in [3.63, 3.8) is 0 Å². The monoisotopic (exact) mass is 1250 g/mol. The predicted octanol–water partition coefficient (Wildman–Crippen LogP) is 15.2. The molecule has 2 heterocycles. The first-order chi connectivity index (χ1) is 50.0. The molecule has 1 N–H and O–H groups in total. The lowest BCUT2D eigenvalue weighted by Gasteiger charge is -1.99. The number of nitrogens with one attached hydrogen (secondary N) is 1. The molecule has 0 bridgehead atoms. The Morgan fingerprint density at radius 2 is 0.426 bits per heavy atom. The molecule has 5 nitrogen and oxygen atoms in total. The van der Waals surface area contributed by atoms with Gasteiger partial charge in [-0.05, 0) is 142 Å². The van der Waals surface area contributed by atoms with Crippen molar-refractivity contribution >= 4 is 27.7 Å². The number of aryl methyl sites for hydroxylation is 3. The van der Waals surface area contributed by atoms with E-state index in [1.807, 2.05) is 12.1 Å². The third kappa shape index (κ3) is 39.0. The van der Waals surface area contributed by atoms with Crippen molar-refractivity contribution in [2.24, 2.45) is 14.1 Å². The molecule has 0 amide bonds. The number of Topliss-reactive ketones (excluding diaryl/α,β-unsaturated/α-hetero) is 1. The number of rotatable bonds is 0. The molecule has 432 valence electrons. The number of hydrogen-bond donors (Lipinski definition) is 1. The van der Waals surface area contributed by atoms with Crippen molar-refractivity contribution < 1.29 is 4.79 Å². The molecule has 2 aromatic heterocycles. The number of aromatic amines is 1. The number of carbonyl (C=O) groups is 1. The first-order valence-corrected chi connectivity index (χ1v) is 27.3. The average molecular weight is 1250 g/mol. The summed E-state index contributed by atoms with van der Waals surface area (Å²) in [4.78, 5) is 27.5. The van der Waals surface area contributed by atoms with Crippen molar-refractivity contribution in [3.8, 4) is 0 Å². The summed E-state index contributed by atoms with van der Waals surface area (Å²) in [5.74, 6) is 0.205. The molecule has 101 heavy (non-hydrogen) atoms. The molecule has 1 aliphatic rings. The summed E-state index contributed by atoms with van der Waals surface area (Å²) in [5, 5.41) is 1.08. The minimum atomic E-state index is -0.0279. The number of imidazole rings is 1. The summed E-state index contributed by atoms with van der Waals surface area (Å²) in [7, 11) is 3.56. The Morgan fingerprint density at radius 1 is 0.257 bits per heavy atom. The first kappa shape index (κ1) is 75.5. The van der Waals surface area contributed by atoms with Crippen molar-refractivity contribution in [1.29, 1.82) is 0 Å². The molecule has 1 aromatic carbocycles. The second kappa shape index (κ2) is 55.6. The molecule has 3 aromatic rings. The van der Waals surface area contributed by atoms with E-state index >= 15 is 0 Å². The Morgan fingerprint density at radius 3 is 0.614 bits per heavy atom. The van der Waals surface area contributed by atoms with Gasteiger partial charge in [0.05, 0.1) is 16.7 Å². The summed E-state index contributed by atoms with van der Waals surface area (Å²) in [6.45, 7) is 6.63. The van der Waals surface area contributed by atoms with Crippen LogP contribution in [0.15, 0.2) is 477 Å². The molecular formula is C96H21N3O2. The highest BCUT2D eigenvalue weighted by atomic mass is 16.1. The smallest absolute Gasteiger partial charge is 0.328 e. The molecular weight excluding hydrogens is 1230 g/mol. The Labute approximate surface area is 576 Å². The van der Waals surface area contributed by atoms with Crippen LogP contribution in [0.1, 0.15) is 35.3 Å². The maximum atomic E-state index is 12.2. The zero-order valence-corrected chi connectivity index (χ0v) is 52.6. The van der Waals surface area contributed by atoms with Gasteiger partial charge in [0.1, 0.15) is 0 Å². The maximum Gasteiger partial charge on any atom is 0.328 e. The summed E-state index contributed by atoms with van der Waals surface area (Å²) in [6.07, 6.45) is 3.54. The number of hydrogen-bond acceptors (Lipinski definition) is 2. The molecule has 0 saturated heterocycles. The number of fused-ring (bicyclic) bond motifs is 4. The average Bonchev–Trinajstić information content (AvgIpc) is 1.60. The predicted molar refractivity (Wildman–Crippen MR) is 367 cm³/mol. The van der Waals surface area contributed by atoms with Crippen LogP contribution in [0, 0.1) is 0 Å². The highest BCUT2D eigenvalue weighted by Gasteiger charge is 2.21. The number of benzene rings is 1. The lowest BCUT2D eigenvalue weighted by atomic mass is 10.1. The minimum Gasteiger partial charge on any atom is -0.352 e. The molecule has 5 heteroatoms. The quantitative estimate of drug-likeness (QED) is 0.180. The van der Waals surface area contributed by atoms with Gasteiger partial charge in [0.15, 0.2) is 5.78 Å². The third-order valence-electron chi connectivity index (χ3n) is 9.52. The van der Waals surface area contributed by atoms with Gasteiger partial charge < -0.3 is 4.98 Å². The summed E-state index contributed by atoms with van der Waals surface area (Å²) in [6, 6.07) is 4.02. The van der Waals surface area contributed by atoms with Crippen LogP contribution in [0.3, 0.4) is 0 Å². The van der Waals surface area contributed by atoms with E-state index in [4.69, 9.17) is 0 Å². The van der Waals surface area contributed by atoms with Gasteiger partial charge in [-0.1, -0.05) is 11.5 Å². The summed E-state index contributed by atoms with van der Waals surface area (Å²) < 4.78 is 3.30. The third-order valence-corrected chi connectivity index (χ3v) is 9.52. The van der Waals surface area contributed by atoms with E-state index in [0.717, 1.165) is 52.5 Å². The second-order valence-corrected chi connectivity index (χ2v) is 15.7. The standard InChI is InChI=1S/C80H4.C16H17N3O2/c1-3-5-7-9-11-13-15-17-19-21-23-25-27-29-31-33-35-37-39-41-43-45-47-49-51-53-55-57-59-61-63-65-67-69-71-73-75-77-79-80-78-76-74-72-70-68-66-64-62-60-58-56-54-52-50-48-46-44-42-40-38-36-34-32-30-28-26-24-22-20-18-16-14-12-10-8-6-4-2;1-18-12-7-10-9-5-3-4-6-14(20)15(9)17-11(10)8-13(12)19(2)16(18)21/h1-2H2;7-8,17H,3-6H2,1-2H3. The van der Waals surface area contributed by atoms with Gasteiger partial charge in [-0.25, -0.2) is 4.79 Å². The Balaban J connectivity index is 0.00000105. The number of ketones is 1. The van der Waals surface area contributed by atoms with Crippen LogP contribution in [-0.2, 0) is 20.5 Å². The van der Waals surface area contributed by atoms with Gasteiger partial charge in [0.25, 0.3) is 0 Å². The maximum absolute atomic E-state index is 12.2. The second-order valence-electron chi connectivity index (χ2n) is 15.7. The van der Waals surface area contributed by atoms with Crippen molar-refractivity contribution in [3.05, 3.63) is 494 Å². The van der Waals surface area contributed by atoms with Gasteiger partial charge in [-0.3, -0.25) is 13.9 Å².